The van der Waals surface area contributed by atoms with E-state index in [0.29, 0.717) is 13.1 Å². The summed E-state index contributed by atoms with van der Waals surface area (Å²) in [5.74, 6) is -1.73. The van der Waals surface area contributed by atoms with Gasteiger partial charge >= 0.3 is 0 Å². The van der Waals surface area contributed by atoms with E-state index in [1.54, 1.807) is 24.3 Å². The first-order valence-electron chi connectivity index (χ1n) is 9.76. The molecule has 1 unspecified atom stereocenters. The molecule has 1 saturated heterocycles. The molecule has 0 radical (unpaired) electrons. The molecule has 1 amide bonds. The molecule has 0 bridgehead atoms. The van der Waals surface area contributed by atoms with Crippen LogP contribution in [0.3, 0.4) is 0 Å². The summed E-state index contributed by atoms with van der Waals surface area (Å²) in [6.07, 6.45) is 1.66. The third-order valence-electron chi connectivity index (χ3n) is 5.07. The maximum Gasteiger partial charge on any atom is 0.240 e. The molecule has 1 fully saturated rings. The number of aryl methyl sites for hydroxylation is 1. The van der Waals surface area contributed by atoms with Crippen molar-refractivity contribution in [3.05, 3.63) is 59.7 Å². The topological polar surface area (TPSA) is 78.5 Å². The predicted octanol–water partition coefficient (Wildman–Crippen LogP) is 2.90. The Kier molecular flexibility index (Phi) is 7.17. The number of halogens is 2. The van der Waals surface area contributed by atoms with E-state index in [4.69, 9.17) is 0 Å². The van der Waals surface area contributed by atoms with Crippen LogP contribution in [-0.2, 0) is 14.8 Å². The normalized spacial score (nSPS) is 17.6. The van der Waals surface area contributed by atoms with E-state index < -0.39 is 27.6 Å². The van der Waals surface area contributed by atoms with E-state index in [2.05, 4.69) is 10.0 Å². The number of nitrogens with zero attached hydrogens (tertiary/aromatic N) is 1. The maximum atomic E-state index is 13.7. The number of hydrogen-bond donors (Lipinski definition) is 2. The Hall–Kier alpha value is -2.36. The lowest BCUT2D eigenvalue weighted by Gasteiger charge is -2.32. The maximum absolute atomic E-state index is 13.7. The second kappa shape index (κ2) is 9.63. The molecule has 2 N–H and O–H groups in total. The Balaban J connectivity index is 1.52. The van der Waals surface area contributed by atoms with Crippen molar-refractivity contribution >= 4 is 21.6 Å². The van der Waals surface area contributed by atoms with Crippen molar-refractivity contribution < 1.29 is 22.0 Å². The van der Waals surface area contributed by atoms with E-state index in [-0.39, 0.29) is 29.6 Å². The van der Waals surface area contributed by atoms with E-state index in [1.807, 2.05) is 11.8 Å². The zero-order valence-corrected chi connectivity index (χ0v) is 17.5. The van der Waals surface area contributed by atoms with Gasteiger partial charge in [-0.05, 0) is 56.5 Å². The number of sulfonamides is 1. The zero-order valence-electron chi connectivity index (χ0n) is 16.7. The number of benzene rings is 2. The number of carbonyl (C=O) groups is 1. The minimum Gasteiger partial charge on any atom is -0.322 e. The molecule has 0 spiro atoms. The monoisotopic (exact) mass is 437 g/mol. The molecule has 30 heavy (non-hydrogen) atoms. The highest BCUT2D eigenvalue weighted by atomic mass is 32.2. The third-order valence-corrected chi connectivity index (χ3v) is 6.51. The average Bonchev–Trinajstić information content (AvgIpc) is 2.70. The summed E-state index contributed by atoms with van der Waals surface area (Å²) < 4.78 is 54.5. The predicted molar refractivity (Wildman–Crippen MR) is 111 cm³/mol. The standard InChI is InChI=1S/C21H25F2N3O3S/c1-15-4-7-18(8-5-15)30(28,29)24-12-16-3-2-10-26(13-16)14-21(27)25-20-11-17(22)6-9-19(20)23/h4-9,11,16,24H,2-3,10,12-14H2,1H3,(H,25,27). The van der Waals surface area contributed by atoms with Crippen LogP contribution >= 0.6 is 0 Å². The Morgan fingerprint density at radius 3 is 2.63 bits per heavy atom. The highest BCUT2D eigenvalue weighted by Crippen LogP contribution is 2.18. The van der Waals surface area contributed by atoms with Crippen LogP contribution in [-0.4, -0.2) is 45.4 Å². The first kappa shape index (κ1) is 22.3. The number of anilines is 1. The number of likely N-dealkylation sites (tertiary alicyclic amines) is 1. The molecule has 1 heterocycles. The summed E-state index contributed by atoms with van der Waals surface area (Å²) >= 11 is 0. The van der Waals surface area contributed by atoms with Gasteiger partial charge in [-0.1, -0.05) is 17.7 Å². The van der Waals surface area contributed by atoms with Gasteiger partial charge in [0.2, 0.25) is 15.9 Å². The van der Waals surface area contributed by atoms with Crippen LogP contribution in [0, 0.1) is 24.5 Å². The minimum absolute atomic E-state index is 0.0250. The first-order chi connectivity index (χ1) is 14.2. The van der Waals surface area contributed by atoms with E-state index in [0.717, 1.165) is 36.6 Å². The minimum atomic E-state index is -3.59. The van der Waals surface area contributed by atoms with Crippen LogP contribution in [0.2, 0.25) is 0 Å². The fourth-order valence-electron chi connectivity index (χ4n) is 3.48. The van der Waals surface area contributed by atoms with Gasteiger partial charge in [0.05, 0.1) is 17.1 Å². The SMILES string of the molecule is Cc1ccc(S(=O)(=O)NCC2CCCN(CC(=O)Nc3cc(F)ccc3F)C2)cc1. The quantitative estimate of drug-likeness (QED) is 0.698. The van der Waals surface area contributed by atoms with Crippen LogP contribution in [0.15, 0.2) is 47.4 Å². The lowest BCUT2D eigenvalue weighted by atomic mass is 9.98. The molecular weight excluding hydrogens is 412 g/mol. The van der Waals surface area contributed by atoms with Crippen molar-refractivity contribution in [3.8, 4) is 0 Å². The van der Waals surface area contributed by atoms with E-state index in [1.165, 1.54) is 0 Å². The molecule has 1 aliphatic rings. The summed E-state index contributed by atoms with van der Waals surface area (Å²) in [6.45, 7) is 3.40. The summed E-state index contributed by atoms with van der Waals surface area (Å²) in [6, 6.07) is 9.52. The summed E-state index contributed by atoms with van der Waals surface area (Å²) in [5, 5.41) is 2.39. The number of amides is 1. The Morgan fingerprint density at radius 2 is 1.90 bits per heavy atom. The number of hydrogen-bond acceptors (Lipinski definition) is 4. The third kappa shape index (κ3) is 6.07. The summed E-state index contributed by atoms with van der Waals surface area (Å²) in [5.41, 5.74) is 0.785. The molecule has 1 aliphatic heterocycles. The Bertz CT molecular complexity index is 997. The smallest absolute Gasteiger partial charge is 0.240 e. The fraction of sp³-hybridized carbons (Fsp3) is 0.381. The van der Waals surface area contributed by atoms with E-state index >= 15 is 0 Å². The van der Waals surface area contributed by atoms with Crippen molar-refractivity contribution in [2.75, 3.05) is 31.5 Å². The van der Waals surface area contributed by atoms with Gasteiger partial charge in [-0.25, -0.2) is 21.9 Å². The molecule has 9 heteroatoms. The lowest BCUT2D eigenvalue weighted by Crippen LogP contribution is -2.43. The first-order valence-corrected chi connectivity index (χ1v) is 11.2. The van der Waals surface area contributed by atoms with Crippen molar-refractivity contribution in [3.63, 3.8) is 0 Å². The van der Waals surface area contributed by atoms with Gasteiger partial charge < -0.3 is 5.32 Å². The molecular formula is C21H25F2N3O3S. The Labute approximate surface area is 175 Å². The number of carbonyl (C=O) groups excluding carboxylic acids is 1. The molecule has 162 valence electrons. The largest absolute Gasteiger partial charge is 0.322 e. The van der Waals surface area contributed by atoms with Crippen molar-refractivity contribution in [2.24, 2.45) is 5.92 Å². The molecule has 0 saturated carbocycles. The molecule has 0 aliphatic carbocycles. The van der Waals surface area contributed by atoms with Crippen molar-refractivity contribution in [1.82, 2.24) is 9.62 Å². The van der Waals surface area contributed by atoms with Crippen LogP contribution in [0.5, 0.6) is 0 Å². The molecule has 6 nitrogen and oxygen atoms in total. The molecule has 2 aromatic rings. The second-order valence-electron chi connectivity index (χ2n) is 7.58. The fourth-order valence-corrected chi connectivity index (χ4v) is 4.59. The van der Waals surface area contributed by atoms with Gasteiger partial charge in [0.25, 0.3) is 0 Å². The van der Waals surface area contributed by atoms with Crippen LogP contribution in [0.1, 0.15) is 18.4 Å². The van der Waals surface area contributed by atoms with Crippen LogP contribution in [0.4, 0.5) is 14.5 Å². The summed E-state index contributed by atoms with van der Waals surface area (Å²) in [4.78, 5) is 14.3. The van der Waals surface area contributed by atoms with Gasteiger partial charge in [-0.2, -0.15) is 0 Å². The molecule has 2 aromatic carbocycles. The second-order valence-corrected chi connectivity index (χ2v) is 9.35. The molecule has 3 rings (SSSR count). The van der Waals surface area contributed by atoms with Gasteiger partial charge in [0, 0.05) is 19.2 Å². The number of nitrogens with one attached hydrogen (secondary N) is 2. The number of piperidine rings is 1. The van der Waals surface area contributed by atoms with Crippen LogP contribution in [0.25, 0.3) is 0 Å². The number of rotatable bonds is 7. The van der Waals surface area contributed by atoms with Crippen molar-refractivity contribution in [1.29, 1.82) is 0 Å². The van der Waals surface area contributed by atoms with E-state index in [9.17, 15) is 22.0 Å². The van der Waals surface area contributed by atoms with Gasteiger partial charge in [0.1, 0.15) is 11.6 Å². The van der Waals surface area contributed by atoms with Crippen molar-refractivity contribution in [2.45, 2.75) is 24.7 Å². The summed E-state index contributed by atoms with van der Waals surface area (Å²) in [7, 11) is -3.59. The molecule has 0 aromatic heterocycles. The highest BCUT2D eigenvalue weighted by Gasteiger charge is 2.24. The highest BCUT2D eigenvalue weighted by molar-refractivity contribution is 7.89. The van der Waals surface area contributed by atoms with Gasteiger partial charge in [-0.15, -0.1) is 0 Å². The zero-order chi connectivity index (χ0) is 21.7. The van der Waals surface area contributed by atoms with Gasteiger partial charge in [-0.3, -0.25) is 9.69 Å². The van der Waals surface area contributed by atoms with Gasteiger partial charge in [0.15, 0.2) is 0 Å². The Morgan fingerprint density at radius 1 is 1.17 bits per heavy atom. The lowest BCUT2D eigenvalue weighted by molar-refractivity contribution is -0.117. The van der Waals surface area contributed by atoms with Crippen LogP contribution < -0.4 is 10.0 Å². The molecule has 1 atom stereocenters. The average molecular weight is 438 g/mol.